The average Bonchev–Trinajstić information content (AvgIpc) is 2.88. The Morgan fingerprint density at radius 1 is 1.12 bits per heavy atom. The summed E-state index contributed by atoms with van der Waals surface area (Å²) in [6, 6.07) is 12.3. The standard InChI is InChI=1S/C21H24ClN3O/c1-13-7-6-8-18(23-4)17(13)12-26-19-10-9-16(11-14(19)2)20-15(3)21(22)25(5)24-20/h6-11,23H,12H2,1-5H3. The molecule has 4 nitrogen and oxygen atoms in total. The van der Waals surface area contributed by atoms with Crippen LogP contribution in [0.3, 0.4) is 0 Å². The summed E-state index contributed by atoms with van der Waals surface area (Å²) in [5, 5.41) is 8.41. The molecule has 0 aliphatic heterocycles. The van der Waals surface area contributed by atoms with Crippen LogP contribution in [0.5, 0.6) is 5.75 Å². The second-order valence-electron chi connectivity index (χ2n) is 6.51. The number of benzene rings is 2. The number of anilines is 1. The maximum Gasteiger partial charge on any atom is 0.130 e. The molecule has 0 unspecified atom stereocenters. The smallest absolute Gasteiger partial charge is 0.130 e. The molecule has 5 heteroatoms. The first-order chi connectivity index (χ1) is 12.4. The van der Waals surface area contributed by atoms with Gasteiger partial charge in [-0.15, -0.1) is 0 Å². The van der Waals surface area contributed by atoms with Crippen molar-refractivity contribution in [3.63, 3.8) is 0 Å². The Balaban J connectivity index is 1.84. The van der Waals surface area contributed by atoms with Crippen LogP contribution in [0.15, 0.2) is 36.4 Å². The summed E-state index contributed by atoms with van der Waals surface area (Å²) in [5.41, 5.74) is 7.49. The highest BCUT2D eigenvalue weighted by molar-refractivity contribution is 6.30. The summed E-state index contributed by atoms with van der Waals surface area (Å²) in [4.78, 5) is 0. The van der Waals surface area contributed by atoms with Gasteiger partial charge in [-0.2, -0.15) is 5.10 Å². The van der Waals surface area contributed by atoms with E-state index < -0.39 is 0 Å². The quantitative estimate of drug-likeness (QED) is 0.664. The number of nitrogens with zero attached hydrogens (tertiary/aromatic N) is 2. The van der Waals surface area contributed by atoms with Gasteiger partial charge in [-0.25, -0.2) is 0 Å². The summed E-state index contributed by atoms with van der Waals surface area (Å²) < 4.78 is 7.80. The first kappa shape index (κ1) is 18.3. The first-order valence-corrected chi connectivity index (χ1v) is 8.99. The predicted octanol–water partition coefficient (Wildman–Crippen LogP) is 5.29. The fourth-order valence-corrected chi connectivity index (χ4v) is 3.25. The van der Waals surface area contributed by atoms with Crippen molar-refractivity contribution in [1.29, 1.82) is 0 Å². The van der Waals surface area contributed by atoms with Crippen LogP contribution in [0.2, 0.25) is 5.15 Å². The third kappa shape index (κ3) is 3.42. The number of halogens is 1. The molecule has 136 valence electrons. The van der Waals surface area contributed by atoms with Gasteiger partial charge in [0.05, 0.1) is 5.69 Å². The topological polar surface area (TPSA) is 39.1 Å². The second-order valence-corrected chi connectivity index (χ2v) is 6.87. The molecule has 26 heavy (non-hydrogen) atoms. The highest BCUT2D eigenvalue weighted by Crippen LogP contribution is 2.31. The van der Waals surface area contributed by atoms with E-state index in [0.717, 1.165) is 33.8 Å². The lowest BCUT2D eigenvalue weighted by Gasteiger charge is -2.15. The van der Waals surface area contributed by atoms with Crippen LogP contribution in [-0.2, 0) is 13.7 Å². The van der Waals surface area contributed by atoms with Crippen molar-refractivity contribution in [3.05, 3.63) is 63.8 Å². The molecule has 3 aromatic rings. The van der Waals surface area contributed by atoms with Crippen LogP contribution in [0.25, 0.3) is 11.3 Å². The van der Waals surface area contributed by atoms with E-state index in [1.165, 1.54) is 11.1 Å². The van der Waals surface area contributed by atoms with Gasteiger partial charge in [0, 0.05) is 36.5 Å². The average molecular weight is 370 g/mol. The van der Waals surface area contributed by atoms with Crippen molar-refractivity contribution >= 4 is 17.3 Å². The molecule has 0 fully saturated rings. The van der Waals surface area contributed by atoms with Crippen molar-refractivity contribution in [2.45, 2.75) is 27.4 Å². The van der Waals surface area contributed by atoms with Gasteiger partial charge in [0.25, 0.3) is 0 Å². The lowest BCUT2D eigenvalue weighted by molar-refractivity contribution is 0.304. The molecular weight excluding hydrogens is 346 g/mol. The Bertz CT molecular complexity index is 947. The third-order valence-corrected chi connectivity index (χ3v) is 5.23. The van der Waals surface area contributed by atoms with Gasteiger partial charge in [0.1, 0.15) is 17.5 Å². The summed E-state index contributed by atoms with van der Waals surface area (Å²) in [7, 11) is 3.78. The molecule has 0 amide bonds. The minimum absolute atomic E-state index is 0.525. The number of rotatable bonds is 5. The van der Waals surface area contributed by atoms with Crippen molar-refractivity contribution in [1.82, 2.24) is 9.78 Å². The number of aryl methyl sites for hydroxylation is 3. The highest BCUT2D eigenvalue weighted by Gasteiger charge is 2.14. The molecule has 0 aliphatic carbocycles. The van der Waals surface area contributed by atoms with Gasteiger partial charge in [0.2, 0.25) is 0 Å². The van der Waals surface area contributed by atoms with E-state index in [1.807, 2.05) is 39.2 Å². The van der Waals surface area contributed by atoms with Crippen LogP contribution >= 0.6 is 11.6 Å². The molecule has 0 bridgehead atoms. The van der Waals surface area contributed by atoms with Gasteiger partial charge in [-0.3, -0.25) is 4.68 Å². The lowest BCUT2D eigenvalue weighted by atomic mass is 10.1. The molecule has 2 aromatic carbocycles. The Hall–Kier alpha value is -2.46. The highest BCUT2D eigenvalue weighted by atomic mass is 35.5. The molecule has 3 rings (SSSR count). The Morgan fingerprint density at radius 3 is 2.50 bits per heavy atom. The van der Waals surface area contributed by atoms with E-state index in [-0.39, 0.29) is 0 Å². The largest absolute Gasteiger partial charge is 0.489 e. The summed E-state index contributed by atoms with van der Waals surface area (Å²) in [6.07, 6.45) is 0. The normalized spacial score (nSPS) is 10.8. The Kier molecular flexibility index (Phi) is 5.23. The third-order valence-electron chi connectivity index (χ3n) is 4.70. The monoisotopic (exact) mass is 369 g/mol. The molecule has 0 spiro atoms. The molecular formula is C21H24ClN3O. The van der Waals surface area contributed by atoms with Crippen molar-refractivity contribution in [2.24, 2.45) is 7.05 Å². The summed E-state index contributed by atoms with van der Waals surface area (Å²) >= 11 is 6.25. The van der Waals surface area contributed by atoms with Crippen LogP contribution in [0.4, 0.5) is 5.69 Å². The molecule has 0 aliphatic rings. The maximum atomic E-state index is 6.25. The SMILES string of the molecule is CNc1cccc(C)c1COc1ccc(-c2nn(C)c(Cl)c2C)cc1C. The number of ether oxygens (including phenoxy) is 1. The van der Waals surface area contributed by atoms with E-state index in [0.29, 0.717) is 11.8 Å². The molecule has 1 heterocycles. The van der Waals surface area contributed by atoms with E-state index >= 15 is 0 Å². The zero-order valence-electron chi connectivity index (χ0n) is 15.9. The van der Waals surface area contributed by atoms with Gasteiger partial charge in [-0.05, 0) is 56.2 Å². The van der Waals surface area contributed by atoms with Crippen LogP contribution in [-0.4, -0.2) is 16.8 Å². The molecule has 0 radical (unpaired) electrons. The van der Waals surface area contributed by atoms with E-state index in [9.17, 15) is 0 Å². The van der Waals surface area contributed by atoms with Crippen molar-refractivity contribution < 1.29 is 4.74 Å². The molecule has 1 N–H and O–H groups in total. The predicted molar refractivity (Wildman–Crippen MR) is 108 cm³/mol. The maximum absolute atomic E-state index is 6.25. The number of hydrogen-bond donors (Lipinski definition) is 1. The van der Waals surface area contributed by atoms with E-state index in [1.54, 1.807) is 4.68 Å². The number of aromatic nitrogens is 2. The van der Waals surface area contributed by atoms with Gasteiger partial charge < -0.3 is 10.1 Å². The molecule has 1 aromatic heterocycles. The van der Waals surface area contributed by atoms with Gasteiger partial charge in [0.15, 0.2) is 0 Å². The Labute approximate surface area is 159 Å². The van der Waals surface area contributed by atoms with Crippen molar-refractivity contribution in [3.8, 4) is 17.0 Å². The van der Waals surface area contributed by atoms with E-state index in [2.05, 4.69) is 42.5 Å². The fraction of sp³-hybridized carbons (Fsp3) is 0.286. The van der Waals surface area contributed by atoms with E-state index in [4.69, 9.17) is 16.3 Å². The molecule has 0 atom stereocenters. The minimum Gasteiger partial charge on any atom is -0.489 e. The van der Waals surface area contributed by atoms with Gasteiger partial charge in [-0.1, -0.05) is 23.7 Å². The number of hydrogen-bond acceptors (Lipinski definition) is 3. The zero-order chi connectivity index (χ0) is 18.8. The minimum atomic E-state index is 0.525. The molecule has 0 saturated heterocycles. The van der Waals surface area contributed by atoms with Gasteiger partial charge >= 0.3 is 0 Å². The molecule has 0 saturated carbocycles. The lowest BCUT2D eigenvalue weighted by Crippen LogP contribution is -2.03. The van der Waals surface area contributed by atoms with Crippen LogP contribution in [0, 0.1) is 20.8 Å². The van der Waals surface area contributed by atoms with Crippen molar-refractivity contribution in [2.75, 3.05) is 12.4 Å². The van der Waals surface area contributed by atoms with Crippen LogP contribution < -0.4 is 10.1 Å². The zero-order valence-corrected chi connectivity index (χ0v) is 16.6. The van der Waals surface area contributed by atoms with Crippen LogP contribution in [0.1, 0.15) is 22.3 Å². The second kappa shape index (κ2) is 7.42. The Morgan fingerprint density at radius 2 is 1.88 bits per heavy atom. The fourth-order valence-electron chi connectivity index (χ4n) is 3.12. The summed E-state index contributed by atoms with van der Waals surface area (Å²) in [5.74, 6) is 0.874. The number of nitrogens with one attached hydrogen (secondary N) is 1. The summed E-state index contributed by atoms with van der Waals surface area (Å²) in [6.45, 7) is 6.66. The first-order valence-electron chi connectivity index (χ1n) is 8.61.